The number of ether oxygens (including phenoxy) is 1. The van der Waals surface area contributed by atoms with Crippen LogP contribution in [0.5, 0.6) is 0 Å². The fraction of sp³-hybridized carbons (Fsp3) is 0.478. The molecule has 1 aliphatic heterocycles. The van der Waals surface area contributed by atoms with E-state index in [1.54, 1.807) is 0 Å². The van der Waals surface area contributed by atoms with Gasteiger partial charge in [-0.2, -0.15) is 0 Å². The molecule has 1 saturated heterocycles. The van der Waals surface area contributed by atoms with Crippen molar-refractivity contribution in [2.24, 2.45) is 0 Å². The maximum Gasteiger partial charge on any atom is 0.253 e. The number of aromatic amines is 1. The van der Waals surface area contributed by atoms with Crippen LogP contribution in [0, 0.1) is 26.6 Å². The highest BCUT2D eigenvalue weighted by Crippen LogP contribution is 2.29. The summed E-state index contributed by atoms with van der Waals surface area (Å²) in [5.41, 5.74) is 3.62. The predicted molar refractivity (Wildman–Crippen MR) is 116 cm³/mol. The third-order valence-electron chi connectivity index (χ3n) is 5.79. The summed E-state index contributed by atoms with van der Waals surface area (Å²) >= 11 is 0. The number of amides is 1. The molecule has 0 aliphatic carbocycles. The summed E-state index contributed by atoms with van der Waals surface area (Å²) in [5, 5.41) is 2.78. The molecule has 3 rings (SSSR count). The molecule has 2 aromatic rings. The molecule has 6 nitrogen and oxygen atoms in total. The van der Waals surface area contributed by atoms with E-state index in [9.17, 15) is 14.0 Å². The zero-order chi connectivity index (χ0) is 21.8. The highest BCUT2D eigenvalue weighted by atomic mass is 19.1. The van der Waals surface area contributed by atoms with Crippen LogP contribution in [0.4, 0.5) is 10.1 Å². The van der Waals surface area contributed by atoms with Gasteiger partial charge in [0.15, 0.2) is 0 Å². The Morgan fingerprint density at radius 2 is 1.93 bits per heavy atom. The number of pyridine rings is 1. The molecule has 0 spiro atoms. The Bertz CT molecular complexity index is 980. The van der Waals surface area contributed by atoms with Crippen molar-refractivity contribution in [1.29, 1.82) is 0 Å². The minimum atomic E-state index is -0.448. The highest BCUT2D eigenvalue weighted by molar-refractivity contribution is 5.97. The van der Waals surface area contributed by atoms with Crippen molar-refractivity contribution >= 4 is 11.6 Å². The number of H-pyrrole nitrogens is 1. The largest absolute Gasteiger partial charge is 0.381 e. The minimum Gasteiger partial charge on any atom is -0.381 e. The van der Waals surface area contributed by atoms with Crippen molar-refractivity contribution in [3.8, 4) is 0 Å². The molecule has 30 heavy (non-hydrogen) atoms. The first-order chi connectivity index (χ1) is 14.3. The molecule has 1 fully saturated rings. The topological polar surface area (TPSA) is 74.4 Å². The van der Waals surface area contributed by atoms with Crippen LogP contribution in [0.1, 0.15) is 52.5 Å². The molecule has 162 valence electrons. The number of hydrogen-bond acceptors (Lipinski definition) is 4. The molecule has 1 aromatic carbocycles. The Labute approximate surface area is 176 Å². The number of hydrogen-bond donors (Lipinski definition) is 2. The highest BCUT2D eigenvalue weighted by Gasteiger charge is 2.24. The molecular weight excluding hydrogens is 385 g/mol. The van der Waals surface area contributed by atoms with Gasteiger partial charge in [0.1, 0.15) is 5.82 Å². The molecule has 0 atom stereocenters. The average Bonchev–Trinajstić information content (AvgIpc) is 2.70. The Hall–Kier alpha value is -2.67. The Kier molecular flexibility index (Phi) is 6.92. The van der Waals surface area contributed by atoms with Gasteiger partial charge < -0.3 is 19.9 Å². The zero-order valence-corrected chi connectivity index (χ0v) is 18.1. The summed E-state index contributed by atoms with van der Waals surface area (Å²) in [6.07, 6.45) is 1.75. The van der Waals surface area contributed by atoms with Gasteiger partial charge >= 0.3 is 0 Å². The fourth-order valence-electron chi connectivity index (χ4n) is 4.19. The molecule has 7 heteroatoms. The maximum absolute atomic E-state index is 14.5. The van der Waals surface area contributed by atoms with E-state index in [1.807, 2.05) is 33.8 Å². The summed E-state index contributed by atoms with van der Waals surface area (Å²) in [7, 11) is 0. The number of nitrogens with one attached hydrogen (secondary N) is 2. The van der Waals surface area contributed by atoms with Crippen LogP contribution in [0.3, 0.4) is 0 Å². The number of carbonyl (C=O) groups excluding carboxylic acids is 1. The molecule has 2 heterocycles. The number of anilines is 1. The summed E-state index contributed by atoms with van der Waals surface area (Å²) in [6, 6.07) is 4.88. The zero-order valence-electron chi connectivity index (χ0n) is 18.1. The molecule has 0 saturated carbocycles. The van der Waals surface area contributed by atoms with Crippen LogP contribution in [0.2, 0.25) is 0 Å². The predicted octanol–water partition coefficient (Wildman–Crippen LogP) is 3.37. The van der Waals surface area contributed by atoms with Crippen molar-refractivity contribution in [3.63, 3.8) is 0 Å². The lowest BCUT2D eigenvalue weighted by Gasteiger charge is -2.36. The molecule has 2 N–H and O–H groups in total. The van der Waals surface area contributed by atoms with E-state index >= 15 is 0 Å². The number of benzene rings is 1. The lowest BCUT2D eigenvalue weighted by atomic mass is 10.0. The number of aromatic nitrogens is 1. The normalized spacial score (nSPS) is 14.6. The quantitative estimate of drug-likeness (QED) is 0.759. The SMILES string of the molecule is CCN(c1cc(F)cc(C(=O)NCc2c(C)cc(C)[nH]c2=O)c1C)C1CCOCC1. The van der Waals surface area contributed by atoms with Crippen molar-refractivity contribution in [1.82, 2.24) is 10.3 Å². The summed E-state index contributed by atoms with van der Waals surface area (Å²) < 4.78 is 19.9. The van der Waals surface area contributed by atoms with E-state index in [0.29, 0.717) is 25.3 Å². The van der Waals surface area contributed by atoms with Crippen molar-refractivity contribution < 1.29 is 13.9 Å². The summed E-state index contributed by atoms with van der Waals surface area (Å²) in [6.45, 7) is 9.70. The number of halogens is 1. The molecule has 1 aliphatic rings. The Morgan fingerprint density at radius 3 is 2.57 bits per heavy atom. The van der Waals surface area contributed by atoms with Crippen LogP contribution in [0.25, 0.3) is 0 Å². The first-order valence-electron chi connectivity index (χ1n) is 10.4. The second-order valence-electron chi connectivity index (χ2n) is 7.85. The molecule has 1 aromatic heterocycles. The van der Waals surface area contributed by atoms with Gasteiger partial charge in [-0.1, -0.05) is 0 Å². The van der Waals surface area contributed by atoms with Gasteiger partial charge in [-0.3, -0.25) is 9.59 Å². The Morgan fingerprint density at radius 1 is 1.23 bits per heavy atom. The average molecular weight is 416 g/mol. The van der Waals surface area contributed by atoms with Crippen molar-refractivity contribution in [3.05, 3.63) is 62.3 Å². The molecule has 0 bridgehead atoms. The second-order valence-corrected chi connectivity index (χ2v) is 7.85. The van der Waals surface area contributed by atoms with E-state index in [-0.39, 0.29) is 23.7 Å². The smallest absolute Gasteiger partial charge is 0.253 e. The van der Waals surface area contributed by atoms with Gasteiger partial charge in [0.2, 0.25) is 0 Å². The fourth-order valence-corrected chi connectivity index (χ4v) is 4.19. The second kappa shape index (κ2) is 9.43. The van der Waals surface area contributed by atoms with E-state index in [1.165, 1.54) is 12.1 Å². The van der Waals surface area contributed by atoms with Crippen LogP contribution >= 0.6 is 0 Å². The van der Waals surface area contributed by atoms with E-state index in [0.717, 1.165) is 35.3 Å². The van der Waals surface area contributed by atoms with E-state index in [2.05, 4.69) is 15.2 Å². The van der Waals surface area contributed by atoms with Gasteiger partial charge in [0.25, 0.3) is 11.5 Å². The number of carbonyl (C=O) groups is 1. The third kappa shape index (κ3) is 4.73. The van der Waals surface area contributed by atoms with Crippen LogP contribution in [-0.2, 0) is 11.3 Å². The number of aryl methyl sites for hydroxylation is 2. The van der Waals surface area contributed by atoms with Crippen molar-refractivity contribution in [2.45, 2.75) is 53.1 Å². The number of nitrogens with zero attached hydrogens (tertiary/aromatic N) is 1. The van der Waals surface area contributed by atoms with Gasteiger partial charge in [-0.05, 0) is 69.9 Å². The molecule has 1 amide bonds. The number of rotatable bonds is 6. The van der Waals surface area contributed by atoms with Crippen LogP contribution < -0.4 is 15.8 Å². The van der Waals surface area contributed by atoms with E-state index in [4.69, 9.17) is 4.74 Å². The Balaban J connectivity index is 1.85. The molecular formula is C23H30FN3O3. The lowest BCUT2D eigenvalue weighted by molar-refractivity contribution is 0.0845. The maximum atomic E-state index is 14.5. The minimum absolute atomic E-state index is 0.0863. The molecule has 0 unspecified atom stereocenters. The first kappa shape index (κ1) is 22.0. The summed E-state index contributed by atoms with van der Waals surface area (Å²) in [4.78, 5) is 30.0. The standard InChI is InChI=1S/C23H30FN3O3/c1-5-27(18-6-8-30-9-7-18)21-12-17(24)11-19(16(21)4)22(28)25-13-20-14(2)10-15(3)26-23(20)29/h10-12,18H,5-9,13H2,1-4H3,(H,25,28)(H,26,29). The van der Waals surface area contributed by atoms with Gasteiger partial charge in [-0.15, -0.1) is 0 Å². The van der Waals surface area contributed by atoms with Crippen LogP contribution in [-0.4, -0.2) is 36.7 Å². The first-order valence-corrected chi connectivity index (χ1v) is 10.4. The van der Waals surface area contributed by atoms with Gasteiger partial charge in [0.05, 0.1) is 0 Å². The molecule has 0 radical (unpaired) electrons. The van der Waals surface area contributed by atoms with Gasteiger partial charge in [0, 0.05) is 54.9 Å². The third-order valence-corrected chi connectivity index (χ3v) is 5.79. The monoisotopic (exact) mass is 415 g/mol. The van der Waals surface area contributed by atoms with Crippen molar-refractivity contribution in [2.75, 3.05) is 24.7 Å². The lowest BCUT2D eigenvalue weighted by Crippen LogP contribution is -2.40. The van der Waals surface area contributed by atoms with Crippen LogP contribution in [0.15, 0.2) is 23.0 Å². The van der Waals surface area contributed by atoms with Gasteiger partial charge in [-0.25, -0.2) is 4.39 Å². The summed E-state index contributed by atoms with van der Waals surface area (Å²) in [5.74, 6) is -0.841. The van der Waals surface area contributed by atoms with E-state index < -0.39 is 11.7 Å².